The van der Waals surface area contributed by atoms with Crippen LogP contribution < -0.4 is 4.74 Å². The fourth-order valence-electron chi connectivity index (χ4n) is 2.24. The highest BCUT2D eigenvalue weighted by Crippen LogP contribution is 2.21. The molecule has 0 aliphatic rings. The maximum atomic E-state index is 5.96. The van der Waals surface area contributed by atoms with Crippen molar-refractivity contribution in [2.24, 2.45) is 0 Å². The first kappa shape index (κ1) is 14.2. The lowest BCUT2D eigenvalue weighted by atomic mass is 10.1. The molecule has 3 aromatic rings. The van der Waals surface area contributed by atoms with Crippen molar-refractivity contribution < 1.29 is 4.74 Å². The van der Waals surface area contributed by atoms with Crippen molar-refractivity contribution in [2.45, 2.75) is 6.61 Å². The Morgan fingerprint density at radius 1 is 0.636 bits per heavy atom. The fourth-order valence-corrected chi connectivity index (χ4v) is 2.24. The SMILES string of the molecule is C(=C\c1ccccc1OCc1ccccc1)/c1ccccc1. The van der Waals surface area contributed by atoms with Gasteiger partial charge in [0.2, 0.25) is 0 Å². The van der Waals surface area contributed by atoms with E-state index in [2.05, 4.69) is 42.5 Å². The molecular weight excluding hydrogens is 268 g/mol. The summed E-state index contributed by atoms with van der Waals surface area (Å²) >= 11 is 0. The third kappa shape index (κ3) is 3.86. The minimum Gasteiger partial charge on any atom is -0.488 e. The van der Waals surface area contributed by atoms with Crippen LogP contribution in [0, 0.1) is 0 Å². The molecule has 0 amide bonds. The summed E-state index contributed by atoms with van der Waals surface area (Å²) in [6, 6.07) is 28.6. The Morgan fingerprint density at radius 2 is 1.27 bits per heavy atom. The van der Waals surface area contributed by atoms with Crippen LogP contribution in [0.2, 0.25) is 0 Å². The minimum absolute atomic E-state index is 0.580. The van der Waals surface area contributed by atoms with Gasteiger partial charge in [-0.1, -0.05) is 91.0 Å². The van der Waals surface area contributed by atoms with Crippen molar-refractivity contribution in [3.8, 4) is 5.75 Å². The molecule has 0 saturated carbocycles. The van der Waals surface area contributed by atoms with Crippen molar-refractivity contribution in [1.29, 1.82) is 0 Å². The number of benzene rings is 3. The van der Waals surface area contributed by atoms with E-state index in [9.17, 15) is 0 Å². The first-order valence-electron chi connectivity index (χ1n) is 7.41. The molecule has 0 aliphatic heterocycles. The smallest absolute Gasteiger partial charge is 0.127 e. The van der Waals surface area contributed by atoms with Gasteiger partial charge >= 0.3 is 0 Å². The van der Waals surface area contributed by atoms with E-state index in [1.807, 2.05) is 54.6 Å². The van der Waals surface area contributed by atoms with Crippen LogP contribution in [0.4, 0.5) is 0 Å². The molecule has 1 nitrogen and oxygen atoms in total. The highest BCUT2D eigenvalue weighted by atomic mass is 16.5. The molecule has 108 valence electrons. The van der Waals surface area contributed by atoms with Crippen molar-refractivity contribution in [3.05, 3.63) is 102 Å². The van der Waals surface area contributed by atoms with Gasteiger partial charge < -0.3 is 4.74 Å². The molecule has 0 heterocycles. The summed E-state index contributed by atoms with van der Waals surface area (Å²) in [5.74, 6) is 0.901. The van der Waals surface area contributed by atoms with Gasteiger partial charge in [0, 0.05) is 5.56 Å². The molecule has 22 heavy (non-hydrogen) atoms. The number of ether oxygens (including phenoxy) is 1. The quantitative estimate of drug-likeness (QED) is 0.568. The largest absolute Gasteiger partial charge is 0.488 e. The van der Waals surface area contributed by atoms with Crippen LogP contribution in [-0.4, -0.2) is 0 Å². The highest BCUT2D eigenvalue weighted by Gasteiger charge is 2.00. The minimum atomic E-state index is 0.580. The second-order valence-corrected chi connectivity index (χ2v) is 5.06. The molecule has 0 aliphatic carbocycles. The molecule has 3 rings (SSSR count). The second-order valence-electron chi connectivity index (χ2n) is 5.06. The number of rotatable bonds is 5. The van der Waals surface area contributed by atoms with Gasteiger partial charge in [-0.25, -0.2) is 0 Å². The van der Waals surface area contributed by atoms with Crippen molar-refractivity contribution >= 4 is 12.2 Å². The zero-order chi connectivity index (χ0) is 15.0. The van der Waals surface area contributed by atoms with Crippen LogP contribution in [0.15, 0.2) is 84.9 Å². The Hall–Kier alpha value is -2.80. The zero-order valence-corrected chi connectivity index (χ0v) is 12.4. The monoisotopic (exact) mass is 286 g/mol. The molecule has 0 bridgehead atoms. The summed E-state index contributed by atoms with van der Waals surface area (Å²) in [6.45, 7) is 0.580. The van der Waals surface area contributed by atoms with E-state index in [0.717, 1.165) is 11.3 Å². The normalized spacial score (nSPS) is 10.7. The van der Waals surface area contributed by atoms with Crippen LogP contribution in [0.1, 0.15) is 16.7 Å². The van der Waals surface area contributed by atoms with Crippen LogP contribution in [0.25, 0.3) is 12.2 Å². The first-order chi connectivity index (χ1) is 10.9. The first-order valence-corrected chi connectivity index (χ1v) is 7.41. The lowest BCUT2D eigenvalue weighted by molar-refractivity contribution is 0.305. The standard InChI is InChI=1S/C21H18O/c1-3-9-18(10-4-1)15-16-20-13-7-8-14-21(20)22-17-19-11-5-2-6-12-19/h1-16H,17H2/b16-15+. The van der Waals surface area contributed by atoms with Crippen LogP contribution in [-0.2, 0) is 6.61 Å². The Morgan fingerprint density at radius 3 is 2.05 bits per heavy atom. The van der Waals surface area contributed by atoms with E-state index in [0.29, 0.717) is 6.61 Å². The molecule has 0 N–H and O–H groups in total. The van der Waals surface area contributed by atoms with E-state index in [4.69, 9.17) is 4.74 Å². The maximum Gasteiger partial charge on any atom is 0.127 e. The lowest BCUT2D eigenvalue weighted by Crippen LogP contribution is -1.96. The van der Waals surface area contributed by atoms with Gasteiger partial charge in [-0.15, -0.1) is 0 Å². The number of para-hydroxylation sites is 1. The summed E-state index contributed by atoms with van der Waals surface area (Å²) in [5, 5.41) is 0. The van der Waals surface area contributed by atoms with Gasteiger partial charge in [-0.3, -0.25) is 0 Å². The molecule has 0 unspecified atom stereocenters. The van der Waals surface area contributed by atoms with Crippen LogP contribution >= 0.6 is 0 Å². The van der Waals surface area contributed by atoms with E-state index < -0.39 is 0 Å². The molecule has 0 radical (unpaired) electrons. The van der Waals surface area contributed by atoms with Crippen molar-refractivity contribution in [1.82, 2.24) is 0 Å². The maximum absolute atomic E-state index is 5.96. The van der Waals surface area contributed by atoms with Gasteiger partial charge in [0.05, 0.1) is 0 Å². The molecular formula is C21H18O. The summed E-state index contributed by atoms with van der Waals surface area (Å²) < 4.78 is 5.96. The van der Waals surface area contributed by atoms with E-state index in [1.54, 1.807) is 0 Å². The van der Waals surface area contributed by atoms with Crippen molar-refractivity contribution in [2.75, 3.05) is 0 Å². The third-order valence-corrected chi connectivity index (χ3v) is 3.41. The van der Waals surface area contributed by atoms with E-state index in [1.165, 1.54) is 11.1 Å². The number of hydrogen-bond donors (Lipinski definition) is 0. The summed E-state index contributed by atoms with van der Waals surface area (Å²) in [4.78, 5) is 0. The summed E-state index contributed by atoms with van der Waals surface area (Å²) in [6.07, 6.45) is 4.19. The molecule has 3 aromatic carbocycles. The zero-order valence-electron chi connectivity index (χ0n) is 12.4. The van der Waals surface area contributed by atoms with Gasteiger partial charge in [-0.05, 0) is 17.2 Å². The topological polar surface area (TPSA) is 9.23 Å². The van der Waals surface area contributed by atoms with Crippen LogP contribution in [0.3, 0.4) is 0 Å². The second kappa shape index (κ2) is 7.28. The van der Waals surface area contributed by atoms with Gasteiger partial charge in [-0.2, -0.15) is 0 Å². The molecule has 0 aromatic heterocycles. The van der Waals surface area contributed by atoms with Gasteiger partial charge in [0.1, 0.15) is 12.4 Å². The molecule has 0 fully saturated rings. The Bertz CT molecular complexity index is 730. The summed E-state index contributed by atoms with van der Waals surface area (Å²) in [5.41, 5.74) is 3.44. The molecule has 0 saturated heterocycles. The van der Waals surface area contributed by atoms with E-state index >= 15 is 0 Å². The average Bonchev–Trinajstić information content (AvgIpc) is 2.61. The number of hydrogen-bond acceptors (Lipinski definition) is 1. The van der Waals surface area contributed by atoms with Crippen LogP contribution in [0.5, 0.6) is 5.75 Å². The van der Waals surface area contributed by atoms with E-state index in [-0.39, 0.29) is 0 Å². The predicted molar refractivity (Wildman–Crippen MR) is 92.6 cm³/mol. The highest BCUT2D eigenvalue weighted by molar-refractivity contribution is 5.72. The molecule has 1 heteroatoms. The predicted octanol–water partition coefficient (Wildman–Crippen LogP) is 5.44. The van der Waals surface area contributed by atoms with Gasteiger partial charge in [0.25, 0.3) is 0 Å². The molecule has 0 spiro atoms. The Labute approximate surface area is 131 Å². The lowest BCUT2D eigenvalue weighted by Gasteiger charge is -2.09. The third-order valence-electron chi connectivity index (χ3n) is 3.41. The fraction of sp³-hybridized carbons (Fsp3) is 0.0476. The Kier molecular flexibility index (Phi) is 4.68. The Balaban J connectivity index is 1.74. The summed E-state index contributed by atoms with van der Waals surface area (Å²) in [7, 11) is 0. The molecule has 0 atom stereocenters. The van der Waals surface area contributed by atoms with Crippen molar-refractivity contribution in [3.63, 3.8) is 0 Å². The van der Waals surface area contributed by atoms with Gasteiger partial charge in [0.15, 0.2) is 0 Å². The average molecular weight is 286 g/mol.